The Morgan fingerprint density at radius 1 is 1.17 bits per heavy atom. The number of hydrogen-bond donors (Lipinski definition) is 2. The lowest BCUT2D eigenvalue weighted by atomic mass is 9.83. The molecule has 1 saturated heterocycles. The maximum atomic E-state index is 14.1. The second-order valence-electron chi connectivity index (χ2n) is 11.4. The number of imidazole rings is 1. The molecule has 0 aliphatic carbocycles. The van der Waals surface area contributed by atoms with E-state index in [0.29, 0.717) is 0 Å². The molecule has 248 valence electrons. The first-order valence-corrected chi connectivity index (χ1v) is 16.0. The van der Waals surface area contributed by atoms with Crippen LogP contribution in [0.15, 0.2) is 36.7 Å². The number of fused-ring (bicyclic) bond motifs is 1. The topological polar surface area (TPSA) is 212 Å². The van der Waals surface area contributed by atoms with Gasteiger partial charge in [0.1, 0.15) is 23.3 Å². The molecule has 1 aliphatic rings. The van der Waals surface area contributed by atoms with Crippen molar-refractivity contribution in [3.05, 3.63) is 36.7 Å². The van der Waals surface area contributed by atoms with Gasteiger partial charge in [0.05, 0.1) is 38.1 Å². The minimum absolute atomic E-state index is 0.107. The number of nitrogens with two attached hydrogens (primary N) is 1. The summed E-state index contributed by atoms with van der Waals surface area (Å²) in [4.78, 5) is 38.1. The molecule has 17 heteroatoms. The number of nitriles is 1. The predicted molar refractivity (Wildman–Crippen MR) is 163 cm³/mol. The number of aromatic nitrogens is 4. The van der Waals surface area contributed by atoms with Crippen molar-refractivity contribution >= 4 is 36.8 Å². The fourth-order valence-electron chi connectivity index (χ4n) is 4.69. The molecule has 3 aromatic rings. The van der Waals surface area contributed by atoms with Crippen LogP contribution >= 0.6 is 7.75 Å². The van der Waals surface area contributed by atoms with Gasteiger partial charge >= 0.3 is 19.7 Å². The molecule has 2 aromatic heterocycles. The molecule has 4 rings (SSSR count). The number of anilines is 1. The summed E-state index contributed by atoms with van der Waals surface area (Å²) in [7, 11) is -2.94. The molecule has 0 radical (unpaired) electrons. The van der Waals surface area contributed by atoms with Crippen molar-refractivity contribution < 1.29 is 42.1 Å². The van der Waals surface area contributed by atoms with Gasteiger partial charge in [0.15, 0.2) is 23.5 Å². The van der Waals surface area contributed by atoms with Crippen molar-refractivity contribution in [2.75, 3.05) is 19.5 Å². The predicted octanol–water partition coefficient (Wildman–Crippen LogP) is 3.55. The number of carbonyl (C=O) groups is 2. The average Bonchev–Trinajstić information content (AvgIpc) is 3.54. The summed E-state index contributed by atoms with van der Waals surface area (Å²) >= 11 is 0. The summed E-state index contributed by atoms with van der Waals surface area (Å²) in [6, 6.07) is 9.31. The van der Waals surface area contributed by atoms with Crippen molar-refractivity contribution in [1.29, 1.82) is 5.26 Å². The first-order chi connectivity index (χ1) is 21.7. The van der Waals surface area contributed by atoms with E-state index in [1.54, 1.807) is 65.0 Å². The van der Waals surface area contributed by atoms with E-state index in [9.17, 15) is 19.4 Å². The number of ether oxygens (including phenoxy) is 4. The van der Waals surface area contributed by atoms with E-state index in [0.717, 1.165) is 0 Å². The summed E-state index contributed by atoms with van der Waals surface area (Å²) in [5.41, 5.74) is 4.80. The molecule has 0 spiro atoms. The minimum Gasteiger partial charge on any atom is -0.479 e. The second-order valence-corrected chi connectivity index (χ2v) is 13.1. The standard InChI is InChI=1S/C29H38N7O9P/c1-16(2)25(37)44-22-20(13-41-46(39,45-19-11-9-8-10-12-19)35-18(5)26(38)42-17(3)4)43-27(29(22,6)14-30)36-15-32-21-23(36)33-28(31)34-24(21)40-7/h8-12,15-18,20,22,27H,13H2,1-7H3,(H,35,39)(H2,31,33,34)/t18-,20+,22+,27+,29+,46?/m0/s1. The number of benzene rings is 1. The van der Waals surface area contributed by atoms with Crippen molar-refractivity contribution in [3.63, 3.8) is 0 Å². The fraction of sp³-hybridized carbons (Fsp3) is 0.517. The molecule has 1 fully saturated rings. The van der Waals surface area contributed by atoms with Crippen molar-refractivity contribution in [3.8, 4) is 17.7 Å². The molecular formula is C29H38N7O9P. The summed E-state index contributed by atoms with van der Waals surface area (Å²) in [5, 5.41) is 13.1. The van der Waals surface area contributed by atoms with Gasteiger partial charge in [-0.3, -0.25) is 18.7 Å². The molecule has 0 saturated carbocycles. The number of methoxy groups -OCH3 is 1. The Morgan fingerprint density at radius 2 is 1.87 bits per heavy atom. The number of nitrogens with one attached hydrogen (secondary N) is 1. The molecule has 3 N–H and O–H groups in total. The molecule has 3 heterocycles. The Kier molecular flexibility index (Phi) is 10.5. The molecule has 1 unspecified atom stereocenters. The molecule has 1 aromatic carbocycles. The van der Waals surface area contributed by atoms with E-state index in [1.807, 2.05) is 0 Å². The highest BCUT2D eigenvalue weighted by atomic mass is 31.2. The fourth-order valence-corrected chi connectivity index (χ4v) is 6.19. The van der Waals surface area contributed by atoms with Gasteiger partial charge in [-0.2, -0.15) is 20.3 Å². The zero-order valence-electron chi connectivity index (χ0n) is 26.6. The molecule has 0 bridgehead atoms. The number of esters is 2. The molecule has 1 aliphatic heterocycles. The normalized spacial score (nSPS) is 23.1. The Labute approximate surface area is 266 Å². The molecular weight excluding hydrogens is 621 g/mol. The highest BCUT2D eigenvalue weighted by Crippen LogP contribution is 2.51. The smallest absolute Gasteiger partial charge is 0.459 e. The summed E-state index contributed by atoms with van der Waals surface area (Å²) in [5.74, 6) is -1.64. The van der Waals surface area contributed by atoms with Crippen LogP contribution in [0.4, 0.5) is 5.95 Å². The second kappa shape index (κ2) is 14.0. The van der Waals surface area contributed by atoms with Crippen LogP contribution in [0.25, 0.3) is 11.2 Å². The maximum absolute atomic E-state index is 14.1. The molecule has 46 heavy (non-hydrogen) atoms. The van der Waals surface area contributed by atoms with Crippen LogP contribution in [0.1, 0.15) is 47.8 Å². The Morgan fingerprint density at radius 3 is 2.48 bits per heavy atom. The Balaban J connectivity index is 1.71. The third kappa shape index (κ3) is 7.39. The number of para-hydroxylation sites is 1. The van der Waals surface area contributed by atoms with Crippen LogP contribution in [-0.2, 0) is 32.9 Å². The summed E-state index contributed by atoms with van der Waals surface area (Å²) in [6.07, 6.45) is -2.59. The van der Waals surface area contributed by atoms with Crippen LogP contribution in [0.2, 0.25) is 0 Å². The number of rotatable bonds is 13. The van der Waals surface area contributed by atoms with E-state index in [2.05, 4.69) is 26.1 Å². The van der Waals surface area contributed by atoms with Gasteiger partial charge in [0.2, 0.25) is 11.8 Å². The van der Waals surface area contributed by atoms with E-state index in [4.69, 9.17) is 33.7 Å². The number of carbonyl (C=O) groups excluding carboxylic acids is 2. The van der Waals surface area contributed by atoms with Crippen LogP contribution in [-0.4, -0.2) is 69.5 Å². The quantitative estimate of drug-likeness (QED) is 0.198. The highest BCUT2D eigenvalue weighted by Gasteiger charge is 2.58. The monoisotopic (exact) mass is 659 g/mol. The Hall–Kier alpha value is -4.29. The molecule has 6 atom stereocenters. The van der Waals surface area contributed by atoms with Crippen molar-refractivity contribution in [2.45, 2.75) is 72.1 Å². The first-order valence-electron chi connectivity index (χ1n) is 14.5. The van der Waals surface area contributed by atoms with Gasteiger partial charge in [-0.1, -0.05) is 32.0 Å². The van der Waals surface area contributed by atoms with E-state index in [1.165, 1.54) is 24.9 Å². The zero-order chi connectivity index (χ0) is 33.8. The summed E-state index contributed by atoms with van der Waals surface area (Å²) < 4.78 is 49.9. The largest absolute Gasteiger partial charge is 0.479 e. The van der Waals surface area contributed by atoms with Crippen LogP contribution in [0.5, 0.6) is 11.6 Å². The van der Waals surface area contributed by atoms with Gasteiger partial charge in [-0.15, -0.1) is 0 Å². The third-order valence-electron chi connectivity index (χ3n) is 6.99. The number of nitrogen functional groups attached to an aromatic ring is 1. The maximum Gasteiger partial charge on any atom is 0.459 e. The lowest BCUT2D eigenvalue weighted by molar-refractivity contribution is -0.159. The zero-order valence-corrected chi connectivity index (χ0v) is 27.5. The van der Waals surface area contributed by atoms with Gasteiger partial charge in [0, 0.05) is 0 Å². The molecule has 16 nitrogen and oxygen atoms in total. The van der Waals surface area contributed by atoms with Crippen molar-refractivity contribution in [1.82, 2.24) is 24.6 Å². The van der Waals surface area contributed by atoms with Crippen LogP contribution < -0.4 is 20.1 Å². The summed E-state index contributed by atoms with van der Waals surface area (Å²) in [6.45, 7) is 9.14. The van der Waals surface area contributed by atoms with Gasteiger partial charge < -0.3 is 29.2 Å². The average molecular weight is 660 g/mol. The van der Waals surface area contributed by atoms with Crippen molar-refractivity contribution in [2.24, 2.45) is 11.3 Å². The SMILES string of the molecule is COc1nc(N)nc2c1ncn2[C@@H]1O[C@H](COP(=O)(N[C@@H](C)C(=O)OC(C)C)Oc2ccccc2)[C@@H](OC(=O)C(C)C)[C@@]1(C)C#N. The van der Waals surface area contributed by atoms with E-state index >= 15 is 0 Å². The van der Waals surface area contributed by atoms with Gasteiger partial charge in [0.25, 0.3) is 0 Å². The van der Waals surface area contributed by atoms with Gasteiger partial charge in [-0.05, 0) is 39.8 Å². The van der Waals surface area contributed by atoms with Crippen LogP contribution in [0, 0.1) is 22.7 Å². The first kappa shape index (κ1) is 34.6. The number of nitrogens with zero attached hydrogens (tertiary/aromatic N) is 5. The highest BCUT2D eigenvalue weighted by molar-refractivity contribution is 7.52. The van der Waals surface area contributed by atoms with E-state index in [-0.39, 0.29) is 28.7 Å². The van der Waals surface area contributed by atoms with Crippen LogP contribution in [0.3, 0.4) is 0 Å². The van der Waals surface area contributed by atoms with E-state index < -0.39 is 68.2 Å². The third-order valence-corrected chi connectivity index (χ3v) is 8.63. The lowest BCUT2D eigenvalue weighted by Crippen LogP contribution is -2.42. The minimum atomic E-state index is -4.34. The number of hydrogen-bond acceptors (Lipinski definition) is 14. The molecule has 0 amide bonds. The Bertz CT molecular complexity index is 1640. The lowest BCUT2D eigenvalue weighted by Gasteiger charge is -2.29. The van der Waals surface area contributed by atoms with Gasteiger partial charge in [-0.25, -0.2) is 9.55 Å².